The minimum Gasteiger partial charge on any atom is -0.548 e. The van der Waals surface area contributed by atoms with Crippen molar-refractivity contribution in [1.29, 1.82) is 0 Å². The third-order valence-corrected chi connectivity index (χ3v) is 2.92. The van der Waals surface area contributed by atoms with E-state index in [4.69, 9.17) is 4.52 Å². The van der Waals surface area contributed by atoms with Crippen molar-refractivity contribution in [3.63, 3.8) is 0 Å². The molecule has 0 radical (unpaired) electrons. The molecule has 2 aromatic rings. The van der Waals surface area contributed by atoms with Crippen LogP contribution in [0, 0.1) is 6.92 Å². The first-order chi connectivity index (χ1) is 11.0. The topological polar surface area (TPSA) is 124 Å². The van der Waals surface area contributed by atoms with E-state index >= 15 is 0 Å². The molecule has 0 fully saturated rings. The molecule has 0 aliphatic rings. The molecule has 2 N–H and O–H groups in total. The van der Waals surface area contributed by atoms with Crippen LogP contribution in [0.3, 0.4) is 0 Å². The molecule has 2 rings (SSSR count). The number of rotatable bonds is 6. The Balaban J connectivity index is 0.00000288. The average Bonchev–Trinajstić information content (AvgIpc) is 3.01. The summed E-state index contributed by atoms with van der Waals surface area (Å²) in [6.45, 7) is 0.962. The second-order valence-electron chi connectivity index (χ2n) is 4.77. The quantitative estimate of drug-likeness (QED) is 0.521. The number of carbonyl (C=O) groups is 3. The Morgan fingerprint density at radius 1 is 1.12 bits per heavy atom. The van der Waals surface area contributed by atoms with Crippen LogP contribution in [0.4, 0.5) is 0 Å². The van der Waals surface area contributed by atoms with Gasteiger partial charge in [-0.2, -0.15) is 0 Å². The zero-order valence-corrected chi connectivity index (χ0v) is 15.3. The van der Waals surface area contributed by atoms with Crippen LogP contribution in [0.5, 0.6) is 0 Å². The summed E-state index contributed by atoms with van der Waals surface area (Å²) in [6.07, 6.45) is 0. The molecule has 0 saturated heterocycles. The minimum atomic E-state index is -1.41. The van der Waals surface area contributed by atoms with Gasteiger partial charge < -0.3 is 25.1 Å². The normalized spacial score (nSPS) is 9.71. The summed E-state index contributed by atoms with van der Waals surface area (Å²) < 4.78 is 5.10. The Kier molecular flexibility index (Phi) is 7.63. The molecule has 2 amide bonds. The van der Waals surface area contributed by atoms with E-state index in [1.807, 2.05) is 31.2 Å². The fourth-order valence-electron chi connectivity index (χ4n) is 1.72. The molecule has 0 spiro atoms. The van der Waals surface area contributed by atoms with E-state index in [2.05, 4.69) is 15.8 Å². The van der Waals surface area contributed by atoms with Gasteiger partial charge in [0.05, 0.1) is 19.1 Å². The second-order valence-corrected chi connectivity index (χ2v) is 4.77. The summed E-state index contributed by atoms with van der Waals surface area (Å²) in [5, 5.41) is 18.2. The van der Waals surface area contributed by atoms with Gasteiger partial charge in [-0.1, -0.05) is 35.0 Å². The van der Waals surface area contributed by atoms with Crippen molar-refractivity contribution in [2.45, 2.75) is 6.92 Å². The number of carboxylic acid groups (broad SMARTS) is 1. The van der Waals surface area contributed by atoms with Crippen LogP contribution in [0.1, 0.15) is 16.1 Å². The molecule has 9 heteroatoms. The van der Waals surface area contributed by atoms with E-state index in [-0.39, 0.29) is 41.8 Å². The van der Waals surface area contributed by atoms with Gasteiger partial charge in [0.1, 0.15) is 0 Å². The van der Waals surface area contributed by atoms with Crippen LogP contribution >= 0.6 is 0 Å². The van der Waals surface area contributed by atoms with Gasteiger partial charge in [-0.15, -0.1) is 0 Å². The van der Waals surface area contributed by atoms with Gasteiger partial charge in [-0.25, -0.2) is 0 Å². The molecule has 1 aromatic heterocycles. The number of nitrogens with zero attached hydrogens (tertiary/aromatic N) is 1. The fourth-order valence-corrected chi connectivity index (χ4v) is 1.72. The van der Waals surface area contributed by atoms with Crippen LogP contribution in [0.2, 0.25) is 0 Å². The first-order valence-corrected chi connectivity index (χ1v) is 6.74. The van der Waals surface area contributed by atoms with Crippen molar-refractivity contribution in [2.75, 3.05) is 13.1 Å². The number of carbonyl (C=O) groups excluding carboxylic acids is 3. The maximum atomic E-state index is 11.8. The molecule has 8 nitrogen and oxygen atoms in total. The van der Waals surface area contributed by atoms with E-state index in [1.165, 1.54) is 6.07 Å². The number of nitrogens with one attached hydrogen (secondary N) is 2. The maximum absolute atomic E-state index is 11.8. The third-order valence-electron chi connectivity index (χ3n) is 2.92. The van der Waals surface area contributed by atoms with Gasteiger partial charge in [-0.05, 0) is 6.92 Å². The largest absolute Gasteiger partial charge is 1.00 e. The second kappa shape index (κ2) is 9.21. The molecule has 1 aromatic carbocycles. The van der Waals surface area contributed by atoms with Gasteiger partial charge in [0.15, 0.2) is 11.5 Å². The average molecular weight is 339 g/mol. The van der Waals surface area contributed by atoms with E-state index in [1.54, 1.807) is 0 Å². The molecule has 0 aliphatic heterocycles. The summed E-state index contributed by atoms with van der Waals surface area (Å²) >= 11 is 0. The van der Waals surface area contributed by atoms with Gasteiger partial charge in [0, 0.05) is 11.6 Å². The van der Waals surface area contributed by atoms with Crippen LogP contribution in [0.15, 0.2) is 34.9 Å². The van der Waals surface area contributed by atoms with Gasteiger partial charge in [0.25, 0.3) is 5.91 Å². The summed E-state index contributed by atoms with van der Waals surface area (Å²) in [7, 11) is 0. The number of benzene rings is 1. The van der Waals surface area contributed by atoms with Crippen molar-refractivity contribution in [1.82, 2.24) is 15.8 Å². The molecular formula is C15H14N3NaO5. The zero-order valence-electron chi connectivity index (χ0n) is 13.3. The SMILES string of the molecule is Cc1ccc(-c2cc(C(=O)NCC(=O)NCC(=O)[O-])no2)cc1.[Na+]. The van der Waals surface area contributed by atoms with Crippen LogP contribution in [-0.2, 0) is 9.59 Å². The predicted molar refractivity (Wildman–Crippen MR) is 77.0 cm³/mol. The van der Waals surface area contributed by atoms with Crippen LogP contribution in [-0.4, -0.2) is 36.0 Å². The Bertz CT molecular complexity index is 727. The molecule has 0 aliphatic carbocycles. The molecule has 0 bridgehead atoms. The Morgan fingerprint density at radius 2 is 1.79 bits per heavy atom. The Morgan fingerprint density at radius 3 is 2.42 bits per heavy atom. The zero-order chi connectivity index (χ0) is 16.8. The number of hydrogen-bond acceptors (Lipinski definition) is 6. The Hall–Kier alpha value is -2.16. The number of aryl methyl sites for hydroxylation is 1. The standard InChI is InChI=1S/C15H15N3O5.Na/c1-9-2-4-10(5-3-9)12-6-11(18-23-12)15(22)17-7-13(19)16-8-14(20)21;/h2-6H,7-8H2,1H3,(H,16,19)(H,17,22)(H,20,21);/q;+1/p-1. The van der Waals surface area contributed by atoms with Crippen LogP contribution in [0.25, 0.3) is 11.3 Å². The van der Waals surface area contributed by atoms with Gasteiger partial charge >= 0.3 is 29.6 Å². The first-order valence-electron chi connectivity index (χ1n) is 6.74. The van der Waals surface area contributed by atoms with Crippen molar-refractivity contribution in [3.8, 4) is 11.3 Å². The van der Waals surface area contributed by atoms with E-state index in [9.17, 15) is 19.5 Å². The van der Waals surface area contributed by atoms with Crippen molar-refractivity contribution in [3.05, 3.63) is 41.6 Å². The molecular weight excluding hydrogens is 325 g/mol. The summed E-state index contributed by atoms with van der Waals surface area (Å²) in [6, 6.07) is 8.94. The number of aromatic nitrogens is 1. The third kappa shape index (κ3) is 5.80. The van der Waals surface area contributed by atoms with E-state index < -0.39 is 24.3 Å². The smallest absolute Gasteiger partial charge is 0.548 e. The Labute approximate surface area is 159 Å². The monoisotopic (exact) mass is 339 g/mol. The van der Waals surface area contributed by atoms with E-state index in [0.29, 0.717) is 5.76 Å². The first kappa shape index (κ1) is 19.9. The fraction of sp³-hybridized carbons (Fsp3) is 0.200. The maximum Gasteiger partial charge on any atom is 1.00 e. The van der Waals surface area contributed by atoms with Crippen molar-refractivity contribution >= 4 is 17.8 Å². The predicted octanol–water partition coefficient (Wildman–Crippen LogP) is -3.75. The number of aliphatic carboxylic acids is 1. The van der Waals surface area contributed by atoms with Crippen LogP contribution < -0.4 is 45.3 Å². The molecule has 24 heavy (non-hydrogen) atoms. The number of hydrogen-bond donors (Lipinski definition) is 2. The summed E-state index contributed by atoms with van der Waals surface area (Å²) in [4.78, 5) is 33.3. The van der Waals surface area contributed by atoms with Crippen molar-refractivity contribution < 1.29 is 53.6 Å². The molecule has 1 heterocycles. The molecule has 0 atom stereocenters. The summed E-state index contributed by atoms with van der Waals surface area (Å²) in [5.74, 6) is -2.24. The number of amides is 2. The summed E-state index contributed by atoms with van der Waals surface area (Å²) in [5.41, 5.74) is 1.89. The van der Waals surface area contributed by atoms with Crippen molar-refractivity contribution in [2.24, 2.45) is 0 Å². The molecule has 120 valence electrons. The van der Waals surface area contributed by atoms with Gasteiger partial charge in [-0.3, -0.25) is 9.59 Å². The van der Waals surface area contributed by atoms with E-state index in [0.717, 1.165) is 11.1 Å². The van der Waals surface area contributed by atoms with Gasteiger partial charge in [0.2, 0.25) is 5.91 Å². The number of carboxylic acids is 1. The minimum absolute atomic E-state index is 0. The molecule has 0 saturated carbocycles. The molecule has 0 unspecified atom stereocenters.